The van der Waals surface area contributed by atoms with Gasteiger partial charge >= 0.3 is 0 Å². The van der Waals surface area contributed by atoms with E-state index < -0.39 is 17.0 Å². The number of piperidine rings is 1. The Morgan fingerprint density at radius 1 is 1.32 bits per heavy atom. The van der Waals surface area contributed by atoms with E-state index in [1.165, 1.54) is 0 Å². The van der Waals surface area contributed by atoms with E-state index in [0.29, 0.717) is 32.2 Å². The first-order valence-electron chi connectivity index (χ1n) is 9.48. The number of carbonyl (C=O) groups excluding carboxylic acids is 3. The Bertz CT molecular complexity index is 573. The third kappa shape index (κ3) is 3.03. The number of primary amides is 1. The highest BCUT2D eigenvalue weighted by Crippen LogP contribution is 2.43. The van der Waals surface area contributed by atoms with Gasteiger partial charge in [0.1, 0.15) is 11.1 Å². The number of nitrogens with one attached hydrogen (secondary N) is 2. The molecule has 3 amide bonds. The Morgan fingerprint density at radius 3 is 2.68 bits per heavy atom. The second-order valence-electron chi connectivity index (χ2n) is 8.27. The van der Waals surface area contributed by atoms with E-state index in [0.717, 1.165) is 25.8 Å². The molecular formula is C18H30N4O3. The van der Waals surface area contributed by atoms with Crippen LogP contribution in [0.15, 0.2) is 0 Å². The number of carbonyl (C=O) groups is 3. The van der Waals surface area contributed by atoms with E-state index >= 15 is 0 Å². The summed E-state index contributed by atoms with van der Waals surface area (Å²) < 4.78 is 0. The maximum Gasteiger partial charge on any atom is 0.249 e. The summed E-state index contributed by atoms with van der Waals surface area (Å²) in [6.07, 6.45) is 4.76. The summed E-state index contributed by atoms with van der Waals surface area (Å²) in [5.74, 6) is -0.392. The van der Waals surface area contributed by atoms with Crippen molar-refractivity contribution in [1.82, 2.24) is 15.5 Å². The van der Waals surface area contributed by atoms with Crippen molar-refractivity contribution in [3.63, 3.8) is 0 Å². The number of rotatable bonds is 5. The van der Waals surface area contributed by atoms with Crippen LogP contribution in [-0.2, 0) is 14.4 Å². The highest BCUT2D eigenvalue weighted by atomic mass is 16.2. The first-order valence-corrected chi connectivity index (χ1v) is 9.48. The molecule has 3 aliphatic heterocycles. The van der Waals surface area contributed by atoms with Crippen LogP contribution in [0.1, 0.15) is 58.8 Å². The zero-order chi connectivity index (χ0) is 18.2. The van der Waals surface area contributed by atoms with E-state index in [2.05, 4.69) is 24.5 Å². The Hall–Kier alpha value is -1.63. The molecule has 0 aromatic rings. The van der Waals surface area contributed by atoms with Gasteiger partial charge in [-0.05, 0) is 57.4 Å². The minimum absolute atomic E-state index is 0.0997. The Labute approximate surface area is 149 Å². The third-order valence-corrected chi connectivity index (χ3v) is 6.06. The lowest BCUT2D eigenvalue weighted by Crippen LogP contribution is -2.71. The second kappa shape index (κ2) is 6.59. The normalized spacial score (nSPS) is 35.1. The van der Waals surface area contributed by atoms with E-state index in [4.69, 9.17) is 5.73 Å². The number of nitrogens with zero attached hydrogens (tertiary/aromatic N) is 1. The maximum absolute atomic E-state index is 13.4. The molecule has 0 radical (unpaired) electrons. The lowest BCUT2D eigenvalue weighted by Gasteiger charge is -2.49. The molecule has 0 aliphatic carbocycles. The summed E-state index contributed by atoms with van der Waals surface area (Å²) in [7, 11) is 0. The molecule has 0 spiro atoms. The fourth-order valence-electron chi connectivity index (χ4n) is 4.88. The van der Waals surface area contributed by atoms with Crippen LogP contribution in [0.3, 0.4) is 0 Å². The van der Waals surface area contributed by atoms with E-state index in [-0.39, 0.29) is 23.8 Å². The molecule has 4 N–H and O–H groups in total. The number of amides is 3. The number of hydrogen-bond acceptors (Lipinski definition) is 4. The molecule has 25 heavy (non-hydrogen) atoms. The standard InChI is InChI=1S/C18H30N4O3/c1-12(2)11-17(21-14(23)13-5-3-9-20-13)7-8-18(15(19)24)6-4-10-22(18)16(17)25/h12-13,20H,3-11H2,1-2H3,(H2,19,24)(H,21,23)/t13-,17-,18+/m0/s1. The molecule has 3 rings (SSSR count). The fraction of sp³-hybridized carbons (Fsp3) is 0.833. The summed E-state index contributed by atoms with van der Waals surface area (Å²) in [6, 6.07) is -0.224. The van der Waals surface area contributed by atoms with Gasteiger partial charge in [0.05, 0.1) is 6.04 Å². The minimum Gasteiger partial charge on any atom is -0.368 e. The Balaban J connectivity index is 1.87. The molecule has 0 saturated carbocycles. The smallest absolute Gasteiger partial charge is 0.249 e. The van der Waals surface area contributed by atoms with E-state index in [9.17, 15) is 14.4 Å². The third-order valence-electron chi connectivity index (χ3n) is 6.06. The van der Waals surface area contributed by atoms with Crippen molar-refractivity contribution in [2.45, 2.75) is 75.9 Å². The topological polar surface area (TPSA) is 105 Å². The molecule has 7 nitrogen and oxygen atoms in total. The summed E-state index contributed by atoms with van der Waals surface area (Å²) in [6.45, 7) is 5.48. The van der Waals surface area contributed by atoms with Crippen LogP contribution in [0, 0.1) is 5.92 Å². The second-order valence-corrected chi connectivity index (χ2v) is 8.27. The van der Waals surface area contributed by atoms with Crippen LogP contribution in [-0.4, -0.2) is 52.8 Å². The SMILES string of the molecule is CC(C)C[C@@]1(NC(=O)[C@@H]2CCCN2)CC[C@@]2(C(N)=O)CCCN2C1=O. The summed E-state index contributed by atoms with van der Waals surface area (Å²) in [5, 5.41) is 6.27. The predicted octanol–water partition coefficient (Wildman–Crippen LogP) is 0.280. The van der Waals surface area contributed by atoms with Crippen molar-refractivity contribution in [3.05, 3.63) is 0 Å². The fourth-order valence-corrected chi connectivity index (χ4v) is 4.88. The minimum atomic E-state index is -0.918. The van der Waals surface area contributed by atoms with Crippen LogP contribution in [0.25, 0.3) is 0 Å². The van der Waals surface area contributed by atoms with Crippen LogP contribution >= 0.6 is 0 Å². The number of hydrogen-bond donors (Lipinski definition) is 3. The Morgan fingerprint density at radius 2 is 2.08 bits per heavy atom. The molecule has 0 aromatic carbocycles. The van der Waals surface area contributed by atoms with Crippen molar-refractivity contribution in [1.29, 1.82) is 0 Å². The lowest BCUT2D eigenvalue weighted by molar-refractivity contribution is -0.157. The van der Waals surface area contributed by atoms with Crippen LogP contribution in [0.2, 0.25) is 0 Å². The molecule has 0 unspecified atom stereocenters. The van der Waals surface area contributed by atoms with Crippen molar-refractivity contribution in [2.75, 3.05) is 13.1 Å². The molecule has 7 heteroatoms. The number of fused-ring (bicyclic) bond motifs is 1. The van der Waals surface area contributed by atoms with Crippen LogP contribution < -0.4 is 16.4 Å². The first kappa shape index (κ1) is 18.2. The zero-order valence-corrected chi connectivity index (χ0v) is 15.3. The maximum atomic E-state index is 13.4. The van der Waals surface area contributed by atoms with Gasteiger partial charge in [-0.2, -0.15) is 0 Å². The predicted molar refractivity (Wildman–Crippen MR) is 93.5 cm³/mol. The molecule has 3 fully saturated rings. The van der Waals surface area contributed by atoms with Crippen molar-refractivity contribution in [2.24, 2.45) is 11.7 Å². The summed E-state index contributed by atoms with van der Waals surface area (Å²) >= 11 is 0. The van der Waals surface area contributed by atoms with Gasteiger partial charge < -0.3 is 21.3 Å². The van der Waals surface area contributed by atoms with Gasteiger partial charge in [0.25, 0.3) is 0 Å². The molecule has 140 valence electrons. The van der Waals surface area contributed by atoms with Gasteiger partial charge in [0.15, 0.2) is 0 Å². The molecule has 0 aromatic heterocycles. The van der Waals surface area contributed by atoms with Gasteiger partial charge in [0.2, 0.25) is 17.7 Å². The van der Waals surface area contributed by atoms with E-state index in [1.54, 1.807) is 4.90 Å². The molecule has 3 saturated heterocycles. The monoisotopic (exact) mass is 350 g/mol. The average molecular weight is 350 g/mol. The summed E-state index contributed by atoms with van der Waals surface area (Å²) in [4.78, 5) is 39.9. The Kier molecular flexibility index (Phi) is 4.79. The zero-order valence-electron chi connectivity index (χ0n) is 15.3. The molecular weight excluding hydrogens is 320 g/mol. The van der Waals surface area contributed by atoms with Gasteiger partial charge in [-0.3, -0.25) is 14.4 Å². The molecule has 3 aliphatic rings. The van der Waals surface area contributed by atoms with Crippen LogP contribution in [0.5, 0.6) is 0 Å². The van der Waals surface area contributed by atoms with Gasteiger partial charge in [-0.1, -0.05) is 13.8 Å². The first-order chi connectivity index (χ1) is 11.8. The van der Waals surface area contributed by atoms with Gasteiger partial charge in [-0.15, -0.1) is 0 Å². The largest absolute Gasteiger partial charge is 0.368 e. The lowest BCUT2D eigenvalue weighted by atomic mass is 9.73. The molecule has 3 heterocycles. The number of nitrogens with two attached hydrogens (primary N) is 1. The van der Waals surface area contributed by atoms with Crippen LogP contribution in [0.4, 0.5) is 0 Å². The van der Waals surface area contributed by atoms with Crippen molar-refractivity contribution >= 4 is 17.7 Å². The van der Waals surface area contributed by atoms with Gasteiger partial charge in [-0.25, -0.2) is 0 Å². The van der Waals surface area contributed by atoms with Crippen molar-refractivity contribution in [3.8, 4) is 0 Å². The molecule has 0 bridgehead atoms. The highest BCUT2D eigenvalue weighted by molar-refractivity contribution is 5.99. The average Bonchev–Trinajstić information content (AvgIpc) is 3.20. The summed E-state index contributed by atoms with van der Waals surface area (Å²) in [5.41, 5.74) is 3.89. The molecule has 3 atom stereocenters. The van der Waals surface area contributed by atoms with Gasteiger partial charge in [0, 0.05) is 6.54 Å². The van der Waals surface area contributed by atoms with E-state index in [1.807, 2.05) is 0 Å². The van der Waals surface area contributed by atoms with Crippen molar-refractivity contribution < 1.29 is 14.4 Å². The quantitative estimate of drug-likeness (QED) is 0.662. The highest BCUT2D eigenvalue weighted by Gasteiger charge is 2.58.